The first-order valence-corrected chi connectivity index (χ1v) is 16.5. The molecule has 3 N–H and O–H groups in total. The average Bonchev–Trinajstić information content (AvgIpc) is 2.97. The molecule has 1 unspecified atom stereocenters. The number of nitrogens with one attached hydrogen (secondary N) is 2. The zero-order valence-electron chi connectivity index (χ0n) is 25.9. The van der Waals surface area contributed by atoms with Crippen LogP contribution in [0.5, 0.6) is 11.6 Å². The van der Waals surface area contributed by atoms with Crippen LogP contribution in [0.25, 0.3) is 11.1 Å². The molecule has 12 heteroatoms. The number of carbonyl (C=O) groups is 2. The van der Waals surface area contributed by atoms with E-state index in [4.69, 9.17) is 9.47 Å². The molecule has 0 spiro atoms. The number of aromatic nitrogens is 1. The summed E-state index contributed by atoms with van der Waals surface area (Å²) >= 11 is 0. The highest BCUT2D eigenvalue weighted by Gasteiger charge is 2.27. The Hall–Kier alpha value is -4.03. The molecule has 1 aliphatic carbocycles. The lowest BCUT2D eigenvalue weighted by Crippen LogP contribution is -2.45. The summed E-state index contributed by atoms with van der Waals surface area (Å²) in [5.41, 5.74) is 1.59. The van der Waals surface area contributed by atoms with Crippen LogP contribution < -0.4 is 15.4 Å². The van der Waals surface area contributed by atoms with Gasteiger partial charge in [-0.2, -0.15) is 8.42 Å². The van der Waals surface area contributed by atoms with Crippen LogP contribution in [0.1, 0.15) is 75.7 Å². The van der Waals surface area contributed by atoms with Crippen LogP contribution in [0, 0.1) is 5.82 Å². The van der Waals surface area contributed by atoms with E-state index in [0.29, 0.717) is 43.4 Å². The topological polar surface area (TPSA) is 144 Å². The molecule has 1 fully saturated rings. The van der Waals surface area contributed by atoms with E-state index >= 15 is 0 Å². The van der Waals surface area contributed by atoms with Gasteiger partial charge in [0.1, 0.15) is 22.7 Å². The quantitative estimate of drug-likeness (QED) is 0.214. The summed E-state index contributed by atoms with van der Waals surface area (Å²) in [5.74, 6) is -0.983. The Balaban J connectivity index is 1.51. The highest BCUT2D eigenvalue weighted by molar-refractivity contribution is 7.86. The van der Waals surface area contributed by atoms with Gasteiger partial charge < -0.3 is 20.1 Å². The molecule has 3 aromatic rings. The predicted octanol–water partition coefficient (Wildman–Crippen LogP) is 6.45. The van der Waals surface area contributed by atoms with Gasteiger partial charge in [0.15, 0.2) is 0 Å². The number of amides is 2. The van der Waals surface area contributed by atoms with Crippen LogP contribution in [-0.2, 0) is 21.3 Å². The minimum atomic E-state index is -4.17. The van der Waals surface area contributed by atoms with Gasteiger partial charge in [0.2, 0.25) is 5.88 Å². The number of hydrogen-bond donors (Lipinski definition) is 3. The highest BCUT2D eigenvalue weighted by atomic mass is 32.2. The molecule has 4 rings (SSSR count). The van der Waals surface area contributed by atoms with Crippen molar-refractivity contribution in [2.75, 3.05) is 0 Å². The predicted molar refractivity (Wildman–Crippen MR) is 168 cm³/mol. The van der Waals surface area contributed by atoms with E-state index in [0.717, 1.165) is 23.4 Å². The van der Waals surface area contributed by atoms with E-state index in [1.807, 2.05) is 42.5 Å². The number of benzene rings is 2. The van der Waals surface area contributed by atoms with Crippen LogP contribution in [0.3, 0.4) is 0 Å². The number of rotatable bonds is 10. The highest BCUT2D eigenvalue weighted by Crippen LogP contribution is 2.35. The summed E-state index contributed by atoms with van der Waals surface area (Å²) in [4.78, 5) is 29.7. The molecule has 1 aliphatic rings. The molecule has 45 heavy (non-hydrogen) atoms. The molecule has 2 aromatic carbocycles. The minimum Gasteiger partial charge on any atom is -0.444 e. The molecule has 2 amide bonds. The number of aryl methyl sites for hydroxylation is 1. The first-order chi connectivity index (χ1) is 21.2. The zero-order valence-corrected chi connectivity index (χ0v) is 26.7. The fraction of sp³-hybridized carbons (Fsp3) is 0.424. The van der Waals surface area contributed by atoms with Crippen molar-refractivity contribution in [2.45, 2.75) is 89.2 Å². The normalized spacial score (nSPS) is 17.6. The second-order valence-corrected chi connectivity index (χ2v) is 14.2. The lowest BCUT2D eigenvalue weighted by Gasteiger charge is -2.30. The van der Waals surface area contributed by atoms with E-state index in [1.54, 1.807) is 26.8 Å². The maximum Gasteiger partial charge on any atom is 0.407 e. The summed E-state index contributed by atoms with van der Waals surface area (Å²) < 4.78 is 58.3. The Bertz CT molecular complexity index is 1600. The monoisotopic (exact) mass is 641 g/mol. The Labute approximate surface area is 263 Å². The molecular formula is C33H40FN3O7S. The van der Waals surface area contributed by atoms with E-state index < -0.39 is 38.8 Å². The van der Waals surface area contributed by atoms with Gasteiger partial charge in [-0.1, -0.05) is 42.5 Å². The van der Waals surface area contributed by atoms with Gasteiger partial charge in [-0.25, -0.2) is 14.2 Å². The van der Waals surface area contributed by atoms with Gasteiger partial charge in [0.05, 0.1) is 11.4 Å². The van der Waals surface area contributed by atoms with E-state index in [9.17, 15) is 27.0 Å². The van der Waals surface area contributed by atoms with Crippen molar-refractivity contribution in [1.82, 2.24) is 15.6 Å². The molecule has 1 aromatic heterocycles. The van der Waals surface area contributed by atoms with Crippen molar-refractivity contribution < 1.29 is 36.4 Å². The summed E-state index contributed by atoms with van der Waals surface area (Å²) in [6.45, 7) is 6.82. The van der Waals surface area contributed by atoms with Crippen molar-refractivity contribution in [3.63, 3.8) is 0 Å². The van der Waals surface area contributed by atoms with Crippen molar-refractivity contribution in [1.29, 1.82) is 0 Å². The van der Waals surface area contributed by atoms with E-state index in [2.05, 4.69) is 15.6 Å². The number of carbonyl (C=O) groups excluding carboxylic acids is 2. The van der Waals surface area contributed by atoms with Crippen molar-refractivity contribution >= 4 is 22.1 Å². The number of ether oxygens (including phenoxy) is 2. The number of pyridine rings is 1. The summed E-state index contributed by atoms with van der Waals surface area (Å²) in [5, 5.41) is 4.88. The fourth-order valence-corrected chi connectivity index (χ4v) is 5.49. The van der Waals surface area contributed by atoms with Crippen molar-refractivity contribution in [3.8, 4) is 22.8 Å². The zero-order chi connectivity index (χ0) is 32.8. The Morgan fingerprint density at radius 1 is 1.02 bits per heavy atom. The summed E-state index contributed by atoms with van der Waals surface area (Å²) in [7, 11) is -4.17. The lowest BCUT2D eigenvalue weighted by molar-refractivity contribution is 0.0487. The number of alkyl carbamates (subject to hydrolysis) is 1. The Kier molecular flexibility index (Phi) is 10.8. The van der Waals surface area contributed by atoms with E-state index in [-0.39, 0.29) is 29.9 Å². The van der Waals surface area contributed by atoms with Crippen LogP contribution in [0.15, 0.2) is 60.8 Å². The van der Waals surface area contributed by atoms with Gasteiger partial charge in [0, 0.05) is 17.6 Å². The second kappa shape index (κ2) is 14.4. The number of nitrogens with zero attached hydrogens (tertiary/aromatic N) is 1. The maximum absolute atomic E-state index is 14.4. The first-order valence-electron chi connectivity index (χ1n) is 15.0. The standard InChI is InChI=1S/C33H40FN3O7S/c1-21(45(40,41)42)10-11-22-12-17-27(23-8-6-5-7-9-23)29(18-22)43-31-28(19-24(34)20-35-31)30(38)36-25-13-15-26(16-14-25)37-32(39)44-33(2,3)4/h5-9,12,17-21,25-26H,10-11,13-16H2,1-4H3,(H,36,38)(H,37,39)(H,40,41,42). The summed E-state index contributed by atoms with van der Waals surface area (Å²) in [6, 6.07) is 15.6. The maximum atomic E-state index is 14.4. The Morgan fingerprint density at radius 3 is 2.29 bits per heavy atom. The average molecular weight is 642 g/mol. The smallest absolute Gasteiger partial charge is 0.407 e. The number of halogens is 1. The third-order valence-electron chi connectivity index (χ3n) is 7.53. The molecule has 0 bridgehead atoms. The third kappa shape index (κ3) is 9.98. The van der Waals surface area contributed by atoms with Gasteiger partial charge in [0.25, 0.3) is 16.0 Å². The van der Waals surface area contributed by atoms with Crippen molar-refractivity contribution in [2.24, 2.45) is 0 Å². The van der Waals surface area contributed by atoms with Crippen LogP contribution in [0.4, 0.5) is 9.18 Å². The molecule has 0 aliphatic heterocycles. The fourth-order valence-electron chi connectivity index (χ4n) is 5.08. The van der Waals surface area contributed by atoms with Crippen LogP contribution in [0.2, 0.25) is 0 Å². The molecule has 1 atom stereocenters. The van der Waals surface area contributed by atoms with Gasteiger partial charge in [-0.3, -0.25) is 9.35 Å². The minimum absolute atomic E-state index is 0.0755. The SMILES string of the molecule is CC(CCc1ccc(-c2ccccc2)c(Oc2ncc(F)cc2C(=O)NC2CCC(NC(=O)OC(C)(C)C)CC2)c1)S(=O)(=O)O. The molecule has 0 radical (unpaired) electrons. The second-order valence-electron chi connectivity index (χ2n) is 12.3. The third-order valence-corrected chi connectivity index (χ3v) is 8.78. The molecule has 1 saturated carbocycles. The largest absolute Gasteiger partial charge is 0.444 e. The van der Waals surface area contributed by atoms with Crippen molar-refractivity contribution in [3.05, 3.63) is 77.7 Å². The molecule has 10 nitrogen and oxygen atoms in total. The van der Waals surface area contributed by atoms with Crippen LogP contribution >= 0.6 is 0 Å². The Morgan fingerprint density at radius 2 is 1.67 bits per heavy atom. The first kappa shape index (κ1) is 33.9. The molecule has 0 saturated heterocycles. The van der Waals surface area contributed by atoms with Crippen LogP contribution in [-0.4, -0.2) is 52.9 Å². The van der Waals surface area contributed by atoms with E-state index in [1.165, 1.54) is 6.92 Å². The summed E-state index contributed by atoms with van der Waals surface area (Å²) in [6.07, 6.45) is 3.49. The molecule has 1 heterocycles. The number of hydrogen-bond acceptors (Lipinski definition) is 7. The van der Waals surface area contributed by atoms with Gasteiger partial charge in [-0.15, -0.1) is 0 Å². The lowest BCUT2D eigenvalue weighted by atomic mass is 9.91. The van der Waals surface area contributed by atoms with Gasteiger partial charge >= 0.3 is 6.09 Å². The van der Waals surface area contributed by atoms with Gasteiger partial charge in [-0.05, 0) is 89.5 Å². The molecule has 242 valence electrons. The molecular weight excluding hydrogens is 601 g/mol.